The molecule has 1 unspecified atom stereocenters. The second-order valence-electron chi connectivity index (χ2n) is 11.5. The molecule has 0 radical (unpaired) electrons. The van der Waals surface area contributed by atoms with E-state index in [1.165, 1.54) is 24.3 Å². The fourth-order valence-electron chi connectivity index (χ4n) is 7.38. The van der Waals surface area contributed by atoms with Gasteiger partial charge in [0.15, 0.2) is 5.82 Å². The Kier molecular flexibility index (Phi) is 5.94. The van der Waals surface area contributed by atoms with Gasteiger partial charge >= 0.3 is 0 Å². The highest BCUT2D eigenvalue weighted by molar-refractivity contribution is 5.97. The third kappa shape index (κ3) is 3.68. The molecular weight excluding hydrogens is 586 g/mol. The minimum atomic E-state index is -0.835. The van der Waals surface area contributed by atoms with Gasteiger partial charge < -0.3 is 0 Å². The van der Waals surface area contributed by atoms with E-state index in [1.807, 2.05) is 60.7 Å². The van der Waals surface area contributed by atoms with Crippen molar-refractivity contribution < 1.29 is 8.78 Å². The third-order valence-electron chi connectivity index (χ3n) is 9.34. The van der Waals surface area contributed by atoms with Gasteiger partial charge in [0.25, 0.3) is 0 Å². The van der Waals surface area contributed by atoms with Crippen molar-refractivity contribution in [3.63, 3.8) is 0 Å². The Morgan fingerprint density at radius 3 is 1.36 bits per heavy atom. The minimum Gasteiger partial charge on any atom is -0.236 e. The standard InChI is InChI=1S/C41H18F2N4/c1-46-37-19-26(20-38(47-2)40(37)43)24-12-14-32-30-8-4-6-10-34(30)41(36(32)18-24)33-9-5-3-7-29(33)31-13-11-23(17-35(31)41)25-15-27(21-44)39(42)28(16-25)22-45/h3-20H. The van der Waals surface area contributed by atoms with E-state index in [9.17, 15) is 19.3 Å². The summed E-state index contributed by atoms with van der Waals surface area (Å²) in [4.78, 5) is 6.67. The first-order chi connectivity index (χ1) is 22.9. The molecule has 216 valence electrons. The van der Waals surface area contributed by atoms with Gasteiger partial charge in [0.1, 0.15) is 18.0 Å². The normalized spacial score (nSPS) is 14.6. The van der Waals surface area contributed by atoms with Crippen LogP contribution in [0.5, 0.6) is 0 Å². The lowest BCUT2D eigenvalue weighted by molar-refractivity contribution is 0.620. The van der Waals surface area contributed by atoms with E-state index >= 15 is 0 Å². The van der Waals surface area contributed by atoms with Gasteiger partial charge in [0.2, 0.25) is 11.4 Å². The number of nitrogens with zero attached hydrogens (tertiary/aromatic N) is 4. The number of nitriles is 2. The fourth-order valence-corrected chi connectivity index (χ4v) is 7.38. The van der Waals surface area contributed by atoms with Crippen LogP contribution >= 0.6 is 0 Å². The molecule has 0 saturated heterocycles. The van der Waals surface area contributed by atoms with Gasteiger partial charge in [0, 0.05) is 0 Å². The Balaban J connectivity index is 1.45. The molecule has 0 amide bonds. The van der Waals surface area contributed by atoms with Gasteiger partial charge in [-0.05, 0) is 103 Å². The van der Waals surface area contributed by atoms with Gasteiger partial charge in [0.05, 0.1) is 29.7 Å². The number of hydrogen-bond donors (Lipinski definition) is 0. The van der Waals surface area contributed by atoms with Crippen LogP contribution in [0, 0.1) is 47.4 Å². The van der Waals surface area contributed by atoms with Gasteiger partial charge in [-0.3, -0.25) is 0 Å². The van der Waals surface area contributed by atoms with Crippen LogP contribution in [-0.4, -0.2) is 0 Å². The summed E-state index contributed by atoms with van der Waals surface area (Å²) >= 11 is 0. The fraction of sp³-hybridized carbons (Fsp3) is 0.0244. The van der Waals surface area contributed by atoms with Crippen LogP contribution in [0.1, 0.15) is 33.4 Å². The Morgan fingerprint density at radius 1 is 0.489 bits per heavy atom. The largest absolute Gasteiger partial charge is 0.236 e. The molecule has 6 aromatic rings. The van der Waals surface area contributed by atoms with E-state index in [0.29, 0.717) is 11.1 Å². The molecule has 0 saturated carbocycles. The van der Waals surface area contributed by atoms with Gasteiger partial charge in [-0.2, -0.15) is 10.5 Å². The van der Waals surface area contributed by atoms with Crippen molar-refractivity contribution in [1.29, 1.82) is 10.5 Å². The molecule has 0 N–H and O–H groups in total. The van der Waals surface area contributed by atoms with E-state index < -0.39 is 17.0 Å². The molecule has 8 rings (SSSR count). The highest BCUT2D eigenvalue weighted by Crippen LogP contribution is 2.63. The number of rotatable bonds is 2. The maximum atomic E-state index is 14.8. The molecule has 0 heterocycles. The van der Waals surface area contributed by atoms with Crippen molar-refractivity contribution in [2.45, 2.75) is 5.41 Å². The maximum absolute atomic E-state index is 14.8. The molecule has 0 aromatic heterocycles. The molecule has 1 spiro atoms. The first-order valence-electron chi connectivity index (χ1n) is 14.7. The monoisotopic (exact) mass is 604 g/mol. The predicted molar refractivity (Wildman–Crippen MR) is 175 cm³/mol. The van der Waals surface area contributed by atoms with Crippen LogP contribution in [0.3, 0.4) is 0 Å². The van der Waals surface area contributed by atoms with E-state index in [0.717, 1.165) is 55.6 Å². The second-order valence-corrected chi connectivity index (χ2v) is 11.5. The first kappa shape index (κ1) is 27.7. The number of halogens is 2. The number of hydrogen-bond acceptors (Lipinski definition) is 2. The number of benzene rings is 6. The zero-order valence-corrected chi connectivity index (χ0v) is 24.4. The third-order valence-corrected chi connectivity index (χ3v) is 9.34. The summed E-state index contributed by atoms with van der Waals surface area (Å²) in [6.07, 6.45) is 0. The van der Waals surface area contributed by atoms with Gasteiger partial charge in [-0.25, -0.2) is 18.5 Å². The van der Waals surface area contributed by atoms with Crippen molar-refractivity contribution in [2.75, 3.05) is 0 Å². The lowest BCUT2D eigenvalue weighted by Crippen LogP contribution is -2.26. The summed E-state index contributed by atoms with van der Waals surface area (Å²) in [5.41, 5.74) is 9.31. The molecule has 47 heavy (non-hydrogen) atoms. The highest BCUT2D eigenvalue weighted by atomic mass is 19.1. The molecule has 1 atom stereocenters. The average molecular weight is 605 g/mol. The van der Waals surface area contributed by atoms with Crippen LogP contribution in [0.25, 0.3) is 54.2 Å². The summed E-state index contributed by atoms with van der Waals surface area (Å²) < 4.78 is 29.5. The highest BCUT2D eigenvalue weighted by Gasteiger charge is 2.51. The van der Waals surface area contributed by atoms with E-state index in [-0.39, 0.29) is 22.5 Å². The second kappa shape index (κ2) is 10.1. The van der Waals surface area contributed by atoms with Crippen molar-refractivity contribution in [2.24, 2.45) is 0 Å². The lowest BCUT2D eigenvalue weighted by atomic mass is 9.70. The molecule has 6 aromatic carbocycles. The van der Waals surface area contributed by atoms with E-state index in [2.05, 4.69) is 46.1 Å². The molecule has 0 bridgehead atoms. The zero-order chi connectivity index (χ0) is 32.4. The van der Waals surface area contributed by atoms with Gasteiger partial charge in [-0.15, -0.1) is 0 Å². The van der Waals surface area contributed by atoms with Crippen LogP contribution in [0.15, 0.2) is 109 Å². The topological polar surface area (TPSA) is 56.3 Å². The molecule has 4 nitrogen and oxygen atoms in total. The molecule has 2 aliphatic rings. The molecular formula is C41H18F2N4. The van der Waals surface area contributed by atoms with Crippen molar-refractivity contribution in [3.05, 3.63) is 177 Å². The smallest absolute Gasteiger partial charge is 0.212 e. The van der Waals surface area contributed by atoms with Crippen LogP contribution in [0.4, 0.5) is 20.2 Å². The molecule has 6 heteroatoms. The lowest BCUT2D eigenvalue weighted by Gasteiger charge is -2.31. The van der Waals surface area contributed by atoms with Crippen LogP contribution in [0.2, 0.25) is 0 Å². The summed E-state index contributed by atoms with van der Waals surface area (Å²) in [6.45, 7) is 15.0. The summed E-state index contributed by atoms with van der Waals surface area (Å²) in [5.74, 6) is -1.66. The van der Waals surface area contributed by atoms with Crippen molar-refractivity contribution >= 4 is 11.4 Å². The predicted octanol–water partition coefficient (Wildman–Crippen LogP) is 10.5. The molecule has 0 aliphatic heterocycles. The average Bonchev–Trinajstić information content (AvgIpc) is 3.58. The SMILES string of the molecule is [C-]#[N+]c1cc(-c2ccc3c(c2)C2(c4ccccc4-c4ccc(-c5cc(C#N)c(F)c(C#N)c5)cc42)c2ccccc2-3)cc([N+]#[C-])c1F. The van der Waals surface area contributed by atoms with Gasteiger partial charge in [-0.1, -0.05) is 72.8 Å². The summed E-state index contributed by atoms with van der Waals surface area (Å²) in [5, 5.41) is 19.2. The summed E-state index contributed by atoms with van der Waals surface area (Å²) in [7, 11) is 0. The summed E-state index contributed by atoms with van der Waals surface area (Å²) in [6, 6.07) is 38.2. The van der Waals surface area contributed by atoms with Crippen molar-refractivity contribution in [1.82, 2.24) is 0 Å². The first-order valence-corrected chi connectivity index (χ1v) is 14.7. The Bertz CT molecular complexity index is 2310. The van der Waals surface area contributed by atoms with Crippen LogP contribution < -0.4 is 0 Å². The Morgan fingerprint density at radius 2 is 0.915 bits per heavy atom. The van der Waals surface area contributed by atoms with E-state index in [4.69, 9.17) is 13.1 Å². The van der Waals surface area contributed by atoms with Crippen LogP contribution in [-0.2, 0) is 5.41 Å². The molecule has 2 aliphatic carbocycles. The molecule has 0 fully saturated rings. The zero-order valence-electron chi connectivity index (χ0n) is 24.4. The Hall–Kier alpha value is -6.86. The van der Waals surface area contributed by atoms with E-state index in [1.54, 1.807) is 0 Å². The Labute approximate surface area is 269 Å². The minimum absolute atomic E-state index is 0.199. The quantitative estimate of drug-likeness (QED) is 0.184. The number of fused-ring (bicyclic) bond motifs is 10. The van der Waals surface area contributed by atoms with Crippen molar-refractivity contribution in [3.8, 4) is 56.6 Å². The maximum Gasteiger partial charge on any atom is 0.212 e.